The summed E-state index contributed by atoms with van der Waals surface area (Å²) < 4.78 is 29.0. The number of nitrogens with zero attached hydrogens (tertiary/aromatic N) is 5. The molecular formula is C21H29N5O3S. The SMILES string of the molecule is CC1CCN(C(=O)c2cn(-c3ccc(S(=O)(=O)N4CCC[C@H](C)C4)cn3)cn2)CC1. The Kier molecular flexibility index (Phi) is 5.92. The van der Waals surface area contributed by atoms with Crippen LogP contribution >= 0.6 is 0 Å². The van der Waals surface area contributed by atoms with Crippen molar-refractivity contribution in [2.45, 2.75) is 44.4 Å². The van der Waals surface area contributed by atoms with Gasteiger partial charge < -0.3 is 4.90 Å². The molecule has 2 aromatic heterocycles. The fourth-order valence-corrected chi connectivity index (χ4v) is 5.67. The lowest BCUT2D eigenvalue weighted by Crippen LogP contribution is -2.39. The van der Waals surface area contributed by atoms with Gasteiger partial charge in [0.2, 0.25) is 10.0 Å². The number of imidazole rings is 1. The van der Waals surface area contributed by atoms with E-state index >= 15 is 0 Å². The van der Waals surface area contributed by atoms with Crippen LogP contribution in [0.1, 0.15) is 50.0 Å². The Morgan fingerprint density at radius 3 is 2.47 bits per heavy atom. The predicted octanol–water partition coefficient (Wildman–Crippen LogP) is 2.56. The van der Waals surface area contributed by atoms with Crippen molar-refractivity contribution >= 4 is 15.9 Å². The number of likely N-dealkylation sites (tertiary alicyclic amines) is 1. The number of carbonyl (C=O) groups excluding carboxylic acids is 1. The summed E-state index contributed by atoms with van der Waals surface area (Å²) in [6.45, 7) is 6.89. The van der Waals surface area contributed by atoms with Crippen molar-refractivity contribution in [2.75, 3.05) is 26.2 Å². The number of amides is 1. The normalized spacial score (nSPS) is 21.7. The maximum atomic E-state index is 12.9. The highest BCUT2D eigenvalue weighted by Gasteiger charge is 2.29. The summed E-state index contributed by atoms with van der Waals surface area (Å²) in [7, 11) is -3.54. The van der Waals surface area contributed by atoms with E-state index in [1.165, 1.54) is 6.20 Å². The van der Waals surface area contributed by atoms with Crippen molar-refractivity contribution in [3.05, 3.63) is 36.5 Å². The molecule has 8 nitrogen and oxygen atoms in total. The van der Waals surface area contributed by atoms with E-state index in [0.717, 1.165) is 38.8 Å². The maximum absolute atomic E-state index is 12.9. The van der Waals surface area contributed by atoms with Crippen molar-refractivity contribution in [1.82, 2.24) is 23.7 Å². The van der Waals surface area contributed by atoms with Gasteiger partial charge in [-0.05, 0) is 49.7 Å². The maximum Gasteiger partial charge on any atom is 0.274 e. The first-order valence-corrected chi connectivity index (χ1v) is 12.1. The third-order valence-corrected chi connectivity index (χ3v) is 7.96. The molecule has 0 N–H and O–H groups in total. The lowest BCUT2D eigenvalue weighted by atomic mass is 9.99. The van der Waals surface area contributed by atoms with E-state index in [2.05, 4.69) is 23.8 Å². The van der Waals surface area contributed by atoms with Crippen molar-refractivity contribution in [2.24, 2.45) is 11.8 Å². The summed E-state index contributed by atoms with van der Waals surface area (Å²) in [4.78, 5) is 23.3. The lowest BCUT2D eigenvalue weighted by molar-refractivity contribution is 0.0692. The van der Waals surface area contributed by atoms with Crippen molar-refractivity contribution in [3.8, 4) is 5.82 Å². The summed E-state index contributed by atoms with van der Waals surface area (Å²) in [6, 6.07) is 3.23. The van der Waals surface area contributed by atoms with Crippen molar-refractivity contribution in [3.63, 3.8) is 0 Å². The highest BCUT2D eigenvalue weighted by molar-refractivity contribution is 7.89. The zero-order chi connectivity index (χ0) is 21.3. The van der Waals surface area contributed by atoms with Gasteiger partial charge >= 0.3 is 0 Å². The van der Waals surface area contributed by atoms with Gasteiger partial charge in [-0.15, -0.1) is 0 Å². The average molecular weight is 432 g/mol. The molecule has 2 aliphatic rings. The molecule has 0 radical (unpaired) electrons. The Hall–Kier alpha value is -2.26. The molecule has 0 spiro atoms. The number of carbonyl (C=O) groups is 1. The Balaban J connectivity index is 1.48. The summed E-state index contributed by atoms with van der Waals surface area (Å²) in [5, 5.41) is 0. The van der Waals surface area contributed by atoms with Crippen LogP contribution in [-0.4, -0.2) is 64.2 Å². The van der Waals surface area contributed by atoms with Crippen LogP contribution in [0.2, 0.25) is 0 Å². The van der Waals surface area contributed by atoms with Gasteiger partial charge in [0.15, 0.2) is 0 Å². The first-order valence-electron chi connectivity index (χ1n) is 10.6. The molecule has 2 saturated heterocycles. The largest absolute Gasteiger partial charge is 0.337 e. The summed E-state index contributed by atoms with van der Waals surface area (Å²) >= 11 is 0. The first kappa shape index (κ1) is 21.0. The number of pyridine rings is 1. The van der Waals surface area contributed by atoms with Crippen LogP contribution < -0.4 is 0 Å². The third-order valence-electron chi connectivity index (χ3n) is 6.12. The second-order valence-corrected chi connectivity index (χ2v) is 10.5. The molecular weight excluding hydrogens is 402 g/mol. The number of rotatable bonds is 4. The van der Waals surface area contributed by atoms with Gasteiger partial charge in [-0.2, -0.15) is 4.31 Å². The third kappa shape index (κ3) is 4.27. The molecule has 162 valence electrons. The molecule has 0 aromatic carbocycles. The van der Waals surface area contributed by atoms with Crippen LogP contribution in [0, 0.1) is 11.8 Å². The molecule has 2 aromatic rings. The second kappa shape index (κ2) is 8.47. The molecule has 0 saturated carbocycles. The number of aromatic nitrogens is 3. The van der Waals surface area contributed by atoms with Crippen LogP contribution in [-0.2, 0) is 10.0 Å². The highest BCUT2D eigenvalue weighted by atomic mass is 32.2. The van der Waals surface area contributed by atoms with Crippen LogP contribution in [0.25, 0.3) is 5.82 Å². The molecule has 1 atom stereocenters. The van der Waals surface area contributed by atoms with E-state index in [-0.39, 0.29) is 10.8 Å². The van der Waals surface area contributed by atoms with E-state index in [1.807, 2.05) is 4.90 Å². The zero-order valence-electron chi connectivity index (χ0n) is 17.6. The van der Waals surface area contributed by atoms with E-state index in [9.17, 15) is 13.2 Å². The van der Waals surface area contributed by atoms with Crippen molar-refractivity contribution in [1.29, 1.82) is 0 Å². The van der Waals surface area contributed by atoms with Gasteiger partial charge in [0.05, 0.1) is 0 Å². The Labute approximate surface area is 178 Å². The van der Waals surface area contributed by atoms with Gasteiger partial charge in [-0.25, -0.2) is 18.4 Å². The fourth-order valence-electron chi connectivity index (χ4n) is 4.12. The number of sulfonamides is 1. The quantitative estimate of drug-likeness (QED) is 0.742. The second-order valence-electron chi connectivity index (χ2n) is 8.60. The summed E-state index contributed by atoms with van der Waals surface area (Å²) in [5.41, 5.74) is 0.380. The van der Waals surface area contributed by atoms with Crippen LogP contribution in [0.5, 0.6) is 0 Å². The van der Waals surface area contributed by atoms with Crippen LogP contribution in [0.3, 0.4) is 0 Å². The molecule has 2 fully saturated rings. The highest BCUT2D eigenvalue weighted by Crippen LogP contribution is 2.23. The van der Waals surface area contributed by atoms with Gasteiger partial charge in [0.1, 0.15) is 22.7 Å². The number of hydrogen-bond acceptors (Lipinski definition) is 5. The minimum atomic E-state index is -3.54. The average Bonchev–Trinajstić information content (AvgIpc) is 3.24. The van der Waals surface area contributed by atoms with E-state index in [0.29, 0.717) is 36.4 Å². The van der Waals surface area contributed by atoms with E-state index in [4.69, 9.17) is 0 Å². The van der Waals surface area contributed by atoms with Crippen molar-refractivity contribution < 1.29 is 13.2 Å². The Bertz CT molecular complexity index is 994. The molecule has 30 heavy (non-hydrogen) atoms. The van der Waals surface area contributed by atoms with Crippen LogP contribution in [0.15, 0.2) is 35.7 Å². The predicted molar refractivity (Wildman–Crippen MR) is 113 cm³/mol. The molecule has 0 bridgehead atoms. The zero-order valence-corrected chi connectivity index (χ0v) is 18.4. The first-order chi connectivity index (χ1) is 14.3. The minimum Gasteiger partial charge on any atom is -0.337 e. The monoisotopic (exact) mass is 431 g/mol. The molecule has 9 heteroatoms. The van der Waals surface area contributed by atoms with Gasteiger partial charge in [-0.1, -0.05) is 13.8 Å². The number of piperidine rings is 2. The molecule has 4 heterocycles. The summed E-state index contributed by atoms with van der Waals surface area (Å²) in [6.07, 6.45) is 8.55. The van der Waals surface area contributed by atoms with Crippen LogP contribution in [0.4, 0.5) is 0 Å². The van der Waals surface area contributed by atoms with Gasteiger partial charge in [-0.3, -0.25) is 9.36 Å². The van der Waals surface area contributed by atoms with Gasteiger partial charge in [0, 0.05) is 38.6 Å². The standard InChI is InChI=1S/C21H29N5O3S/c1-16-7-10-24(11-8-16)21(27)19-14-25(15-23-19)20-6-5-18(12-22-20)30(28,29)26-9-3-4-17(2)13-26/h5-6,12,14-17H,3-4,7-11,13H2,1-2H3/t17-/m0/s1. The molecule has 0 unspecified atom stereocenters. The smallest absolute Gasteiger partial charge is 0.274 e. The molecule has 0 aliphatic carbocycles. The Morgan fingerprint density at radius 2 is 1.80 bits per heavy atom. The Morgan fingerprint density at radius 1 is 1.03 bits per heavy atom. The van der Waals surface area contributed by atoms with Gasteiger partial charge in [0.25, 0.3) is 5.91 Å². The minimum absolute atomic E-state index is 0.0703. The molecule has 1 amide bonds. The fraction of sp³-hybridized carbons (Fsp3) is 0.571. The molecule has 2 aliphatic heterocycles. The topological polar surface area (TPSA) is 88.4 Å². The lowest BCUT2D eigenvalue weighted by Gasteiger charge is -2.29. The van der Waals surface area contributed by atoms with E-state index in [1.54, 1.807) is 33.5 Å². The summed E-state index contributed by atoms with van der Waals surface area (Å²) in [5.74, 6) is 1.48. The molecule has 4 rings (SSSR count). The van der Waals surface area contributed by atoms with E-state index < -0.39 is 10.0 Å². The number of hydrogen-bond donors (Lipinski definition) is 0.